The van der Waals surface area contributed by atoms with Crippen LogP contribution in [0.15, 0.2) is 0 Å². The van der Waals surface area contributed by atoms with Crippen LogP contribution in [0.5, 0.6) is 0 Å². The number of carbonyl (C=O) groups excluding carboxylic acids is 2. The second-order valence-corrected chi connectivity index (χ2v) is 7.08. The second kappa shape index (κ2) is 8.67. The zero-order valence-corrected chi connectivity index (χ0v) is 14.5. The molecule has 3 amide bonds. The third-order valence-corrected chi connectivity index (χ3v) is 5.11. The van der Waals surface area contributed by atoms with Gasteiger partial charge in [-0.3, -0.25) is 9.69 Å². The third-order valence-electron chi connectivity index (χ3n) is 5.11. The summed E-state index contributed by atoms with van der Waals surface area (Å²) in [6.07, 6.45) is 4.74. The molecule has 2 N–H and O–H groups in total. The number of carbonyl (C=O) groups is 2. The first-order chi connectivity index (χ1) is 11.7. The molecule has 0 aromatic heterocycles. The number of ether oxygens (including phenoxy) is 1. The van der Waals surface area contributed by atoms with Gasteiger partial charge >= 0.3 is 6.03 Å². The van der Waals surface area contributed by atoms with E-state index in [0.717, 1.165) is 71.5 Å². The maximum Gasteiger partial charge on any atom is 0.317 e. The SMILES string of the molecule is O=C(NCCCN1CCOCC1)C1CCN(C(=O)NC2CC2)CC1. The smallest absolute Gasteiger partial charge is 0.317 e. The lowest BCUT2D eigenvalue weighted by Gasteiger charge is -2.31. The molecule has 2 aliphatic heterocycles. The number of hydrogen-bond donors (Lipinski definition) is 2. The molecule has 7 heteroatoms. The van der Waals surface area contributed by atoms with E-state index in [1.165, 1.54) is 0 Å². The van der Waals surface area contributed by atoms with Gasteiger partial charge in [0.25, 0.3) is 0 Å². The lowest BCUT2D eigenvalue weighted by atomic mass is 9.96. The molecule has 1 saturated carbocycles. The first-order valence-corrected chi connectivity index (χ1v) is 9.35. The van der Waals surface area contributed by atoms with Crippen LogP contribution in [0.4, 0.5) is 4.79 Å². The van der Waals surface area contributed by atoms with Gasteiger partial charge in [0.15, 0.2) is 0 Å². The van der Waals surface area contributed by atoms with E-state index in [1.54, 1.807) is 0 Å². The first-order valence-electron chi connectivity index (χ1n) is 9.35. The van der Waals surface area contributed by atoms with E-state index in [9.17, 15) is 9.59 Å². The Morgan fingerprint density at radius 2 is 1.71 bits per heavy atom. The van der Waals surface area contributed by atoms with Crippen molar-refractivity contribution in [1.29, 1.82) is 0 Å². The molecule has 0 atom stereocenters. The molecular weight excluding hydrogens is 308 g/mol. The molecule has 24 heavy (non-hydrogen) atoms. The van der Waals surface area contributed by atoms with Crippen molar-refractivity contribution < 1.29 is 14.3 Å². The number of amides is 3. The van der Waals surface area contributed by atoms with Gasteiger partial charge in [-0.05, 0) is 38.6 Å². The highest BCUT2D eigenvalue weighted by molar-refractivity contribution is 5.79. The first kappa shape index (κ1) is 17.5. The highest BCUT2D eigenvalue weighted by Crippen LogP contribution is 2.21. The minimum atomic E-state index is 0.0434. The lowest BCUT2D eigenvalue weighted by Crippen LogP contribution is -2.47. The molecule has 0 unspecified atom stereocenters. The van der Waals surface area contributed by atoms with Gasteiger partial charge in [-0.2, -0.15) is 0 Å². The zero-order chi connectivity index (χ0) is 16.8. The minimum Gasteiger partial charge on any atom is -0.379 e. The Hall–Kier alpha value is -1.34. The molecule has 3 aliphatic rings. The van der Waals surface area contributed by atoms with Crippen molar-refractivity contribution in [3.8, 4) is 0 Å². The van der Waals surface area contributed by atoms with Gasteiger partial charge in [-0.1, -0.05) is 0 Å². The van der Waals surface area contributed by atoms with E-state index in [4.69, 9.17) is 4.74 Å². The molecule has 0 spiro atoms. The fraction of sp³-hybridized carbons (Fsp3) is 0.882. The highest BCUT2D eigenvalue weighted by Gasteiger charge is 2.30. The molecule has 136 valence electrons. The van der Waals surface area contributed by atoms with Crippen LogP contribution >= 0.6 is 0 Å². The molecule has 0 aromatic rings. The monoisotopic (exact) mass is 338 g/mol. The molecule has 3 fully saturated rings. The van der Waals surface area contributed by atoms with Crippen molar-refractivity contribution >= 4 is 11.9 Å². The van der Waals surface area contributed by atoms with Crippen LogP contribution in [0.2, 0.25) is 0 Å². The van der Waals surface area contributed by atoms with Crippen LogP contribution in [0, 0.1) is 5.92 Å². The van der Waals surface area contributed by atoms with Crippen molar-refractivity contribution in [2.24, 2.45) is 5.92 Å². The molecule has 2 saturated heterocycles. The maximum atomic E-state index is 12.2. The Kier molecular flexibility index (Phi) is 6.31. The van der Waals surface area contributed by atoms with Gasteiger partial charge in [0.05, 0.1) is 13.2 Å². The van der Waals surface area contributed by atoms with Crippen molar-refractivity contribution in [1.82, 2.24) is 20.4 Å². The molecule has 0 radical (unpaired) electrons. The van der Waals surface area contributed by atoms with E-state index in [-0.39, 0.29) is 17.9 Å². The summed E-state index contributed by atoms with van der Waals surface area (Å²) in [7, 11) is 0. The normalized spacial score (nSPS) is 23.1. The Labute approximate surface area is 144 Å². The third kappa shape index (κ3) is 5.34. The van der Waals surface area contributed by atoms with Crippen LogP contribution in [0.25, 0.3) is 0 Å². The topological polar surface area (TPSA) is 73.9 Å². The van der Waals surface area contributed by atoms with Crippen LogP contribution in [-0.4, -0.2) is 80.3 Å². The summed E-state index contributed by atoms with van der Waals surface area (Å²) in [6.45, 7) is 6.75. The Morgan fingerprint density at radius 1 is 1.00 bits per heavy atom. The Morgan fingerprint density at radius 3 is 2.38 bits per heavy atom. The Bertz CT molecular complexity index is 428. The molecule has 7 nitrogen and oxygen atoms in total. The number of urea groups is 1. The molecule has 2 heterocycles. The van der Waals surface area contributed by atoms with Crippen LogP contribution in [0.1, 0.15) is 32.1 Å². The quantitative estimate of drug-likeness (QED) is 0.688. The lowest BCUT2D eigenvalue weighted by molar-refractivity contribution is -0.126. The van der Waals surface area contributed by atoms with E-state index in [1.807, 2.05) is 4.90 Å². The summed E-state index contributed by atoms with van der Waals surface area (Å²) in [5.74, 6) is 0.206. The summed E-state index contributed by atoms with van der Waals surface area (Å²) in [4.78, 5) is 28.5. The summed E-state index contributed by atoms with van der Waals surface area (Å²) in [6, 6.07) is 0.437. The van der Waals surface area contributed by atoms with Crippen molar-refractivity contribution in [2.45, 2.75) is 38.1 Å². The maximum absolute atomic E-state index is 12.2. The Balaban J connectivity index is 1.26. The summed E-state index contributed by atoms with van der Waals surface area (Å²) in [5.41, 5.74) is 0. The molecule has 0 bridgehead atoms. The zero-order valence-electron chi connectivity index (χ0n) is 14.5. The number of rotatable bonds is 6. The predicted molar refractivity (Wildman–Crippen MR) is 90.7 cm³/mol. The number of nitrogens with one attached hydrogen (secondary N) is 2. The van der Waals surface area contributed by atoms with Crippen molar-refractivity contribution in [3.63, 3.8) is 0 Å². The van der Waals surface area contributed by atoms with Crippen LogP contribution < -0.4 is 10.6 Å². The summed E-state index contributed by atoms with van der Waals surface area (Å²) >= 11 is 0. The average molecular weight is 338 g/mol. The van der Waals surface area contributed by atoms with E-state index < -0.39 is 0 Å². The van der Waals surface area contributed by atoms with Crippen LogP contribution in [0.3, 0.4) is 0 Å². The van der Waals surface area contributed by atoms with E-state index in [2.05, 4.69) is 15.5 Å². The largest absolute Gasteiger partial charge is 0.379 e. The molecule has 3 rings (SSSR count). The van der Waals surface area contributed by atoms with Crippen molar-refractivity contribution in [3.05, 3.63) is 0 Å². The van der Waals surface area contributed by atoms with Gasteiger partial charge in [-0.15, -0.1) is 0 Å². The summed E-state index contributed by atoms with van der Waals surface area (Å²) in [5, 5.41) is 6.08. The molecule has 0 aromatic carbocycles. The fourth-order valence-corrected chi connectivity index (χ4v) is 3.32. The van der Waals surface area contributed by atoms with Gasteiger partial charge < -0.3 is 20.3 Å². The predicted octanol–water partition coefficient (Wildman–Crippen LogP) is 0.409. The van der Waals surface area contributed by atoms with Gasteiger partial charge in [-0.25, -0.2) is 4.79 Å². The van der Waals surface area contributed by atoms with E-state index in [0.29, 0.717) is 19.1 Å². The van der Waals surface area contributed by atoms with E-state index >= 15 is 0 Å². The second-order valence-electron chi connectivity index (χ2n) is 7.08. The van der Waals surface area contributed by atoms with Gasteiger partial charge in [0.1, 0.15) is 0 Å². The number of likely N-dealkylation sites (tertiary alicyclic amines) is 1. The number of morpholine rings is 1. The van der Waals surface area contributed by atoms with Crippen molar-refractivity contribution in [2.75, 3.05) is 52.5 Å². The number of piperidine rings is 1. The number of hydrogen-bond acceptors (Lipinski definition) is 4. The average Bonchev–Trinajstić information content (AvgIpc) is 3.43. The standard InChI is InChI=1S/C17H30N4O3/c22-16(18-6-1-7-20-10-12-24-13-11-20)14-4-8-21(9-5-14)17(23)19-15-2-3-15/h14-15H,1-13H2,(H,18,22)(H,19,23). The van der Waals surface area contributed by atoms with Gasteiger partial charge in [0, 0.05) is 44.7 Å². The fourth-order valence-electron chi connectivity index (χ4n) is 3.32. The molecule has 1 aliphatic carbocycles. The van der Waals surface area contributed by atoms with Crippen LogP contribution in [-0.2, 0) is 9.53 Å². The molecular formula is C17H30N4O3. The summed E-state index contributed by atoms with van der Waals surface area (Å²) < 4.78 is 5.33. The highest BCUT2D eigenvalue weighted by atomic mass is 16.5. The van der Waals surface area contributed by atoms with Gasteiger partial charge in [0.2, 0.25) is 5.91 Å². The number of nitrogens with zero attached hydrogens (tertiary/aromatic N) is 2. The minimum absolute atomic E-state index is 0.0434.